The predicted octanol–water partition coefficient (Wildman–Crippen LogP) is 7.39. The number of phosphoric acid groups is 1. The summed E-state index contributed by atoms with van der Waals surface area (Å²) in [5, 5.41) is 34.4. The van der Waals surface area contributed by atoms with E-state index < -0.39 is 38.8 Å². The number of aliphatic hydroxyl groups is 1. The molecule has 4 atom stereocenters. The Morgan fingerprint density at radius 3 is 2.16 bits per heavy atom. The van der Waals surface area contributed by atoms with Crippen LogP contribution in [0.15, 0.2) is 36.7 Å². The smallest absolute Gasteiger partial charge is 0.388 e. The second-order valence-corrected chi connectivity index (χ2v) is 15.6. The van der Waals surface area contributed by atoms with Crippen molar-refractivity contribution in [1.29, 1.82) is 10.5 Å². The molecule has 0 radical (unpaired) electrons. The third kappa shape index (κ3) is 16.9. The number of phosphoric ester groups is 1. The number of unbranched alkanes of at least 4 members (excludes halogenated alkanes) is 15. The van der Waals surface area contributed by atoms with Crippen molar-refractivity contribution in [1.82, 2.24) is 19.6 Å². The average molecular weight is 800 g/mol. The number of anilines is 1. The number of aromatic nitrogens is 4. The first kappa shape index (κ1) is 46.9. The Labute approximate surface area is 332 Å². The summed E-state index contributed by atoms with van der Waals surface area (Å²) in [5.74, 6) is 0.237. The van der Waals surface area contributed by atoms with Crippen LogP contribution in [0, 0.1) is 22.7 Å². The monoisotopic (exact) mass is 799 g/mol. The molecule has 3 aromatic rings. The van der Waals surface area contributed by atoms with Gasteiger partial charge >= 0.3 is 7.82 Å². The molecule has 16 heteroatoms. The first-order chi connectivity index (χ1) is 27.2. The molecule has 0 spiro atoms. The Kier molecular flexibility index (Phi) is 22.1. The number of rotatable bonds is 32. The van der Waals surface area contributed by atoms with Crippen molar-refractivity contribution < 1.29 is 37.8 Å². The molecule has 0 saturated heterocycles. The Bertz CT molecular complexity index is 1680. The minimum absolute atomic E-state index is 0.000934. The highest BCUT2D eigenvalue weighted by atomic mass is 31.2. The molecular formula is C40H62N7O8P. The van der Waals surface area contributed by atoms with Gasteiger partial charge in [0.15, 0.2) is 5.82 Å². The first-order valence-corrected chi connectivity index (χ1v) is 21.5. The zero-order valence-corrected chi connectivity index (χ0v) is 34.1. The van der Waals surface area contributed by atoms with Crippen LogP contribution in [0.2, 0.25) is 0 Å². The third-order valence-corrected chi connectivity index (χ3v) is 10.7. The fourth-order valence-corrected chi connectivity index (χ4v) is 7.08. The molecule has 0 aliphatic rings. The Morgan fingerprint density at radius 2 is 1.55 bits per heavy atom. The molecule has 15 nitrogen and oxygen atoms in total. The molecule has 1 unspecified atom stereocenters. The van der Waals surface area contributed by atoms with E-state index in [1.165, 1.54) is 101 Å². The molecule has 0 bridgehead atoms. The lowest BCUT2D eigenvalue weighted by molar-refractivity contribution is -0.0929. The minimum atomic E-state index is -4.79. The third-order valence-electron chi connectivity index (χ3n) is 9.75. The summed E-state index contributed by atoms with van der Waals surface area (Å²) in [6.07, 6.45) is 19.2. The van der Waals surface area contributed by atoms with Crippen LogP contribution >= 0.6 is 7.82 Å². The largest absolute Gasteiger partial charge is 0.472 e. The summed E-state index contributed by atoms with van der Waals surface area (Å²) in [6, 6.07) is 12.2. The number of pyridine rings is 1. The molecule has 0 aliphatic carbocycles. The van der Waals surface area contributed by atoms with Crippen molar-refractivity contribution in [2.45, 2.75) is 140 Å². The van der Waals surface area contributed by atoms with Crippen molar-refractivity contribution in [2.24, 2.45) is 0 Å². The second-order valence-electron chi connectivity index (χ2n) is 14.2. The molecule has 3 aromatic heterocycles. The second kappa shape index (κ2) is 26.4. The Balaban J connectivity index is 1.41. The van der Waals surface area contributed by atoms with E-state index in [4.69, 9.17) is 29.0 Å². The molecule has 310 valence electrons. The van der Waals surface area contributed by atoms with Gasteiger partial charge in [0, 0.05) is 25.8 Å². The van der Waals surface area contributed by atoms with Gasteiger partial charge in [-0.15, -0.1) is 0 Å². The number of ether oxygens (including phenoxy) is 3. The molecule has 0 amide bonds. The normalized spacial score (nSPS) is 14.8. The maximum absolute atomic E-state index is 13.0. The van der Waals surface area contributed by atoms with Crippen LogP contribution in [0.1, 0.15) is 127 Å². The van der Waals surface area contributed by atoms with Crippen LogP contribution in [-0.4, -0.2) is 80.9 Å². The molecule has 4 N–H and O–H groups in total. The maximum atomic E-state index is 13.0. The fourth-order valence-electron chi connectivity index (χ4n) is 6.30. The number of nitrogens with zero attached hydrogens (tertiary/aromatic N) is 6. The summed E-state index contributed by atoms with van der Waals surface area (Å²) in [4.78, 5) is 18.7. The van der Waals surface area contributed by atoms with E-state index in [1.54, 1.807) is 30.3 Å². The van der Waals surface area contributed by atoms with Crippen LogP contribution in [0.5, 0.6) is 0 Å². The predicted molar refractivity (Wildman–Crippen MR) is 212 cm³/mol. The molecule has 0 fully saturated rings. The van der Waals surface area contributed by atoms with E-state index in [9.17, 15) is 25.1 Å². The van der Waals surface area contributed by atoms with Gasteiger partial charge in [-0.25, -0.2) is 19.0 Å². The van der Waals surface area contributed by atoms with Crippen LogP contribution in [0.3, 0.4) is 0 Å². The standard InChI is InChI=1S/C40H62N7O8P/c1-3-4-5-6-7-8-9-10-11-12-13-14-15-16-17-18-24-52-28-36(53-27-34-21-19-20-33(26-41)46-34)29-54-56(49,50)55-31-40(30-42,51-2)38(48)25-35-22-23-37-39(43)44-32-45-47(35)37/h19-23,32,36,38,48H,3-18,24-25,27-29,31H2,1-2H3,(H,49,50)(H2,43,44,45)/t36-,38+,40-/m1/s1. The Morgan fingerprint density at radius 1 is 0.911 bits per heavy atom. The van der Waals surface area contributed by atoms with E-state index in [2.05, 4.69) is 22.0 Å². The summed E-state index contributed by atoms with van der Waals surface area (Å²) in [5.41, 5.74) is 5.60. The van der Waals surface area contributed by atoms with Crippen molar-refractivity contribution >= 4 is 19.2 Å². The summed E-state index contributed by atoms with van der Waals surface area (Å²) in [6.45, 7) is 1.63. The molecule has 3 rings (SSSR count). The highest BCUT2D eigenvalue weighted by molar-refractivity contribution is 7.47. The zero-order valence-electron chi connectivity index (χ0n) is 33.2. The van der Waals surface area contributed by atoms with Gasteiger partial charge in [-0.2, -0.15) is 15.6 Å². The van der Waals surface area contributed by atoms with E-state index in [0.29, 0.717) is 23.5 Å². The lowest BCUT2D eigenvalue weighted by atomic mass is 9.95. The summed E-state index contributed by atoms with van der Waals surface area (Å²) < 4.78 is 42.1. The van der Waals surface area contributed by atoms with Gasteiger partial charge in [0.2, 0.25) is 5.60 Å². The molecule has 0 aliphatic heterocycles. The van der Waals surface area contributed by atoms with Gasteiger partial charge in [0.1, 0.15) is 48.5 Å². The van der Waals surface area contributed by atoms with Crippen molar-refractivity contribution in [3.63, 3.8) is 0 Å². The molecule has 56 heavy (non-hydrogen) atoms. The molecule has 0 aromatic carbocycles. The number of nitrogens with two attached hydrogens (primary N) is 1. The average Bonchev–Trinajstić information content (AvgIpc) is 3.62. The number of nitrogen functional groups attached to an aromatic ring is 1. The lowest BCUT2D eigenvalue weighted by Gasteiger charge is -2.30. The molecule has 0 saturated carbocycles. The van der Waals surface area contributed by atoms with Gasteiger partial charge in [-0.1, -0.05) is 109 Å². The number of hydrogen-bond acceptors (Lipinski definition) is 13. The van der Waals surface area contributed by atoms with E-state index in [1.807, 2.05) is 12.1 Å². The topological polar surface area (TPSA) is 220 Å². The quantitative estimate of drug-likeness (QED) is 0.0414. The number of hydrogen-bond donors (Lipinski definition) is 3. The maximum Gasteiger partial charge on any atom is 0.472 e. The van der Waals surface area contributed by atoms with Crippen molar-refractivity contribution in [3.8, 4) is 12.1 Å². The highest BCUT2D eigenvalue weighted by Crippen LogP contribution is 2.44. The van der Waals surface area contributed by atoms with Gasteiger partial charge in [0.05, 0.1) is 25.5 Å². The van der Waals surface area contributed by atoms with Gasteiger partial charge in [-0.05, 0) is 30.7 Å². The number of aliphatic hydroxyl groups excluding tert-OH is 1. The van der Waals surface area contributed by atoms with Crippen molar-refractivity contribution in [2.75, 3.05) is 39.3 Å². The number of nitriles is 2. The Hall–Kier alpha value is -3.50. The fraction of sp³-hybridized carbons (Fsp3) is 0.675. The number of methoxy groups -OCH3 is 1. The minimum Gasteiger partial charge on any atom is -0.388 e. The first-order valence-electron chi connectivity index (χ1n) is 20.1. The number of fused-ring (bicyclic) bond motifs is 1. The zero-order chi connectivity index (χ0) is 40.5. The van der Waals surface area contributed by atoms with Gasteiger partial charge in [-0.3, -0.25) is 9.05 Å². The van der Waals surface area contributed by atoms with E-state index >= 15 is 0 Å². The van der Waals surface area contributed by atoms with E-state index in [0.717, 1.165) is 19.3 Å². The van der Waals surface area contributed by atoms with Crippen molar-refractivity contribution in [3.05, 3.63) is 53.7 Å². The molecular weight excluding hydrogens is 737 g/mol. The van der Waals surface area contributed by atoms with Crippen LogP contribution in [-0.2, 0) is 40.9 Å². The summed E-state index contributed by atoms with van der Waals surface area (Å²) >= 11 is 0. The van der Waals surface area contributed by atoms with Crippen LogP contribution < -0.4 is 5.73 Å². The van der Waals surface area contributed by atoms with Gasteiger partial charge < -0.3 is 29.9 Å². The molecule has 3 heterocycles. The van der Waals surface area contributed by atoms with Gasteiger partial charge in [0.25, 0.3) is 0 Å². The van der Waals surface area contributed by atoms with Crippen LogP contribution in [0.4, 0.5) is 5.82 Å². The lowest BCUT2D eigenvalue weighted by Crippen LogP contribution is -2.48. The van der Waals surface area contributed by atoms with E-state index in [-0.39, 0.29) is 31.1 Å². The summed E-state index contributed by atoms with van der Waals surface area (Å²) in [7, 11) is -3.60. The van der Waals surface area contributed by atoms with Crippen LogP contribution in [0.25, 0.3) is 5.52 Å². The SMILES string of the molecule is CCCCCCCCCCCCCCCCCCOC[C@H](COP(=O)(O)OC[C@@](C#N)(OC)[C@@H](O)Cc1ccc2c(N)ncnn12)OCc1cccc(C#N)n1. The highest BCUT2D eigenvalue weighted by Gasteiger charge is 2.42.